The van der Waals surface area contributed by atoms with Gasteiger partial charge in [-0.05, 0) is 30.7 Å². The third kappa shape index (κ3) is 4.91. The van der Waals surface area contributed by atoms with Gasteiger partial charge in [-0.15, -0.1) is 0 Å². The first-order chi connectivity index (χ1) is 14.8. The van der Waals surface area contributed by atoms with E-state index >= 15 is 0 Å². The van der Waals surface area contributed by atoms with Gasteiger partial charge >= 0.3 is 11.9 Å². The van der Waals surface area contributed by atoms with Crippen LogP contribution in [0.15, 0.2) is 48.5 Å². The Morgan fingerprint density at radius 3 is 2.13 bits per heavy atom. The SMILES string of the molecule is COC(=O)c1cc(NC(=O)[C@H]2CC(=O)N([C@H](C)c3ccccc3)C2)cc(C(=O)OC)c1. The lowest BCUT2D eigenvalue weighted by Gasteiger charge is -2.25. The largest absolute Gasteiger partial charge is 0.465 e. The Morgan fingerprint density at radius 2 is 1.58 bits per heavy atom. The molecule has 3 rings (SSSR count). The number of nitrogens with one attached hydrogen (secondary N) is 1. The van der Waals surface area contributed by atoms with Crippen LogP contribution in [0, 0.1) is 5.92 Å². The number of hydrogen-bond donors (Lipinski definition) is 1. The fraction of sp³-hybridized carbons (Fsp3) is 0.304. The highest BCUT2D eigenvalue weighted by atomic mass is 16.5. The third-order valence-electron chi connectivity index (χ3n) is 5.32. The van der Waals surface area contributed by atoms with E-state index in [-0.39, 0.29) is 47.6 Å². The summed E-state index contributed by atoms with van der Waals surface area (Å²) in [7, 11) is 2.44. The molecule has 1 fully saturated rings. The molecule has 0 unspecified atom stereocenters. The molecule has 1 N–H and O–H groups in total. The summed E-state index contributed by atoms with van der Waals surface area (Å²) in [6.45, 7) is 2.21. The zero-order chi connectivity index (χ0) is 22.5. The van der Waals surface area contributed by atoms with Crippen LogP contribution in [0.25, 0.3) is 0 Å². The van der Waals surface area contributed by atoms with Crippen LogP contribution in [0.3, 0.4) is 0 Å². The number of nitrogens with zero attached hydrogens (tertiary/aromatic N) is 1. The van der Waals surface area contributed by atoms with Crippen molar-refractivity contribution in [1.82, 2.24) is 4.90 Å². The molecule has 8 heteroatoms. The first-order valence-corrected chi connectivity index (χ1v) is 9.81. The summed E-state index contributed by atoms with van der Waals surface area (Å²) in [4.78, 5) is 50.9. The number of ether oxygens (including phenoxy) is 2. The topological polar surface area (TPSA) is 102 Å². The van der Waals surface area contributed by atoms with Crippen LogP contribution in [-0.4, -0.2) is 49.4 Å². The Morgan fingerprint density at radius 1 is 1.00 bits per heavy atom. The van der Waals surface area contributed by atoms with Crippen molar-refractivity contribution in [2.75, 3.05) is 26.1 Å². The number of methoxy groups -OCH3 is 2. The van der Waals surface area contributed by atoms with E-state index in [0.717, 1.165) is 5.56 Å². The number of esters is 2. The van der Waals surface area contributed by atoms with Crippen LogP contribution in [0.5, 0.6) is 0 Å². The molecule has 1 heterocycles. The molecule has 8 nitrogen and oxygen atoms in total. The average molecular weight is 424 g/mol. The smallest absolute Gasteiger partial charge is 0.337 e. The van der Waals surface area contributed by atoms with Crippen LogP contribution in [0.1, 0.15) is 45.7 Å². The molecule has 2 aromatic rings. The van der Waals surface area contributed by atoms with Crippen LogP contribution < -0.4 is 5.32 Å². The van der Waals surface area contributed by atoms with E-state index in [1.54, 1.807) is 4.90 Å². The number of carbonyl (C=O) groups excluding carboxylic acids is 4. The van der Waals surface area contributed by atoms with Crippen molar-refractivity contribution in [3.63, 3.8) is 0 Å². The van der Waals surface area contributed by atoms with Gasteiger partial charge in [0.2, 0.25) is 11.8 Å². The molecule has 2 aromatic carbocycles. The van der Waals surface area contributed by atoms with Gasteiger partial charge in [0, 0.05) is 18.7 Å². The fourth-order valence-electron chi connectivity index (χ4n) is 3.61. The standard InChI is InChI=1S/C23H24N2O6/c1-14(15-7-5-4-6-8-15)25-13-18(12-20(25)26)21(27)24-19-10-16(22(28)30-2)9-17(11-19)23(29)31-3/h4-11,14,18H,12-13H2,1-3H3,(H,24,27)/t14-,18+/m1/s1. The van der Waals surface area contributed by atoms with E-state index < -0.39 is 17.9 Å². The van der Waals surface area contributed by atoms with Crippen molar-refractivity contribution in [3.05, 3.63) is 65.2 Å². The normalized spacial score (nSPS) is 16.5. The van der Waals surface area contributed by atoms with Gasteiger partial charge in [-0.3, -0.25) is 9.59 Å². The summed E-state index contributed by atoms with van der Waals surface area (Å²) in [6, 6.07) is 13.6. The summed E-state index contributed by atoms with van der Waals surface area (Å²) >= 11 is 0. The minimum Gasteiger partial charge on any atom is -0.465 e. The zero-order valence-electron chi connectivity index (χ0n) is 17.6. The highest BCUT2D eigenvalue weighted by Crippen LogP contribution is 2.29. The maximum absolute atomic E-state index is 12.8. The number of rotatable bonds is 6. The Bertz CT molecular complexity index is 970. The number of benzene rings is 2. The van der Waals surface area contributed by atoms with Crippen LogP contribution >= 0.6 is 0 Å². The second-order valence-corrected chi connectivity index (χ2v) is 7.31. The highest BCUT2D eigenvalue weighted by Gasteiger charge is 2.37. The monoisotopic (exact) mass is 424 g/mol. The molecule has 0 bridgehead atoms. The van der Waals surface area contributed by atoms with Gasteiger partial charge in [-0.1, -0.05) is 30.3 Å². The van der Waals surface area contributed by atoms with Gasteiger partial charge in [-0.2, -0.15) is 0 Å². The number of carbonyl (C=O) groups is 4. The molecule has 0 saturated carbocycles. The first-order valence-electron chi connectivity index (χ1n) is 9.81. The first kappa shape index (κ1) is 22.0. The van der Waals surface area contributed by atoms with Gasteiger partial charge in [0.05, 0.1) is 37.3 Å². The van der Waals surface area contributed by atoms with Crippen LogP contribution in [0.2, 0.25) is 0 Å². The number of anilines is 1. The predicted octanol–water partition coefficient (Wildman–Crippen LogP) is 2.81. The van der Waals surface area contributed by atoms with E-state index in [2.05, 4.69) is 5.32 Å². The van der Waals surface area contributed by atoms with Crippen molar-refractivity contribution in [3.8, 4) is 0 Å². The minimum absolute atomic E-state index is 0.0869. The van der Waals surface area contributed by atoms with Gasteiger partial charge in [0.25, 0.3) is 0 Å². The third-order valence-corrected chi connectivity index (χ3v) is 5.32. The summed E-state index contributed by atoms with van der Waals surface area (Å²) in [5.41, 5.74) is 1.44. The maximum Gasteiger partial charge on any atom is 0.337 e. The van der Waals surface area contributed by atoms with Crippen LogP contribution in [-0.2, 0) is 19.1 Å². The van der Waals surface area contributed by atoms with E-state index in [4.69, 9.17) is 9.47 Å². The van der Waals surface area contributed by atoms with Crippen molar-refractivity contribution in [1.29, 1.82) is 0 Å². The van der Waals surface area contributed by atoms with Gasteiger partial charge in [0.15, 0.2) is 0 Å². The molecule has 1 saturated heterocycles. The second-order valence-electron chi connectivity index (χ2n) is 7.31. The molecule has 0 aliphatic carbocycles. The number of hydrogen-bond acceptors (Lipinski definition) is 6. The average Bonchev–Trinajstić information content (AvgIpc) is 3.19. The Kier molecular flexibility index (Phi) is 6.69. The molecule has 2 amide bonds. The lowest BCUT2D eigenvalue weighted by atomic mass is 10.1. The predicted molar refractivity (Wildman–Crippen MR) is 112 cm³/mol. The van der Waals surface area contributed by atoms with E-state index in [1.807, 2.05) is 37.3 Å². The maximum atomic E-state index is 12.8. The lowest BCUT2D eigenvalue weighted by Crippen LogP contribution is -2.30. The molecule has 0 spiro atoms. The molecule has 0 aromatic heterocycles. The Hall–Kier alpha value is -3.68. The molecular weight excluding hydrogens is 400 g/mol. The summed E-state index contributed by atoms with van der Waals surface area (Å²) in [5.74, 6) is -2.33. The summed E-state index contributed by atoms with van der Waals surface area (Å²) < 4.78 is 9.41. The van der Waals surface area contributed by atoms with Crippen molar-refractivity contribution in [2.24, 2.45) is 5.92 Å². The molecule has 2 atom stereocenters. The van der Waals surface area contributed by atoms with E-state index in [9.17, 15) is 19.2 Å². The number of likely N-dealkylation sites (tertiary alicyclic amines) is 1. The molecule has 31 heavy (non-hydrogen) atoms. The molecule has 162 valence electrons. The van der Waals surface area contributed by atoms with Gasteiger partial charge in [-0.25, -0.2) is 9.59 Å². The quantitative estimate of drug-likeness (QED) is 0.716. The Labute approximate surface area is 180 Å². The van der Waals surface area contributed by atoms with Crippen molar-refractivity contribution < 1.29 is 28.7 Å². The highest BCUT2D eigenvalue weighted by molar-refractivity contribution is 6.01. The molecular formula is C23H24N2O6. The van der Waals surface area contributed by atoms with Crippen molar-refractivity contribution >= 4 is 29.4 Å². The Balaban J connectivity index is 1.76. The van der Waals surface area contributed by atoms with E-state index in [0.29, 0.717) is 0 Å². The second kappa shape index (κ2) is 9.42. The summed E-state index contributed by atoms with van der Waals surface area (Å²) in [6.07, 6.45) is 0.0869. The summed E-state index contributed by atoms with van der Waals surface area (Å²) in [5, 5.41) is 2.71. The molecule has 1 aliphatic rings. The van der Waals surface area contributed by atoms with Crippen molar-refractivity contribution in [2.45, 2.75) is 19.4 Å². The zero-order valence-corrected chi connectivity index (χ0v) is 17.6. The lowest BCUT2D eigenvalue weighted by molar-refractivity contribution is -0.129. The van der Waals surface area contributed by atoms with E-state index in [1.165, 1.54) is 32.4 Å². The fourth-order valence-corrected chi connectivity index (χ4v) is 3.61. The minimum atomic E-state index is -0.653. The molecule has 0 radical (unpaired) electrons. The molecule has 1 aliphatic heterocycles. The van der Waals surface area contributed by atoms with Gasteiger partial charge < -0.3 is 19.7 Å². The number of amides is 2. The van der Waals surface area contributed by atoms with Crippen LogP contribution in [0.4, 0.5) is 5.69 Å². The van der Waals surface area contributed by atoms with Gasteiger partial charge in [0.1, 0.15) is 0 Å².